The van der Waals surface area contributed by atoms with Gasteiger partial charge in [0.1, 0.15) is 19.1 Å². The van der Waals surface area contributed by atoms with Gasteiger partial charge in [-0.05, 0) is 13.8 Å². The van der Waals surface area contributed by atoms with Gasteiger partial charge < -0.3 is 24.6 Å². The van der Waals surface area contributed by atoms with Crippen molar-refractivity contribution in [1.82, 2.24) is 5.32 Å². The van der Waals surface area contributed by atoms with E-state index < -0.39 is 0 Å². The highest BCUT2D eigenvalue weighted by atomic mass is 16.5. The molecule has 2 saturated heterocycles. The number of carbonyl (C=O) groups excluding carboxylic acids is 2. The van der Waals surface area contributed by atoms with E-state index in [1.165, 1.54) is 15.4 Å². The van der Waals surface area contributed by atoms with Gasteiger partial charge in [0, 0.05) is 18.4 Å². The maximum Gasteiger partial charge on any atom is 0.309 e. The van der Waals surface area contributed by atoms with Crippen molar-refractivity contribution in [3.05, 3.63) is 35.9 Å². The molecule has 3 N–H and O–H groups in total. The third-order valence-electron chi connectivity index (χ3n) is 6.35. The first-order valence-electron chi connectivity index (χ1n) is 11.3. The smallest absolute Gasteiger partial charge is 0.309 e. The number of esters is 1. The van der Waals surface area contributed by atoms with E-state index >= 15 is 0 Å². The minimum atomic E-state index is -0.0891. The van der Waals surface area contributed by atoms with E-state index in [0.29, 0.717) is 13.2 Å². The van der Waals surface area contributed by atoms with Crippen LogP contribution in [-0.2, 0) is 19.1 Å². The Morgan fingerprint density at radius 3 is 2.43 bits per heavy atom. The second-order valence-electron chi connectivity index (χ2n) is 8.47. The molecule has 2 aliphatic heterocycles. The van der Waals surface area contributed by atoms with Crippen LogP contribution in [0.5, 0.6) is 0 Å². The van der Waals surface area contributed by atoms with E-state index in [1.54, 1.807) is 0 Å². The van der Waals surface area contributed by atoms with Gasteiger partial charge in [0.2, 0.25) is 0 Å². The summed E-state index contributed by atoms with van der Waals surface area (Å²) in [5, 5.41) is 3.26. The SMILES string of the molecule is CCOC(=O)C1CC[NH+](CC(=O)N[C@@H](C)[C@H](c2ccccc2)[NH+]2CCOCC2)CC1. The molecule has 1 aromatic carbocycles. The summed E-state index contributed by atoms with van der Waals surface area (Å²) >= 11 is 0. The highest BCUT2D eigenvalue weighted by Gasteiger charge is 2.34. The number of morpholine rings is 1. The molecule has 0 radical (unpaired) electrons. The van der Waals surface area contributed by atoms with Crippen LogP contribution in [0.1, 0.15) is 38.3 Å². The Labute approximate surface area is 179 Å². The van der Waals surface area contributed by atoms with Crippen molar-refractivity contribution in [2.45, 2.75) is 38.8 Å². The highest BCUT2D eigenvalue weighted by Crippen LogP contribution is 2.14. The van der Waals surface area contributed by atoms with E-state index in [9.17, 15) is 9.59 Å². The number of likely N-dealkylation sites (tertiary alicyclic amines) is 1. The quantitative estimate of drug-likeness (QED) is 0.473. The number of nitrogens with one attached hydrogen (secondary N) is 3. The van der Waals surface area contributed by atoms with Crippen LogP contribution in [0, 0.1) is 5.92 Å². The molecule has 2 aliphatic rings. The first-order valence-corrected chi connectivity index (χ1v) is 11.3. The largest absolute Gasteiger partial charge is 0.466 e. The van der Waals surface area contributed by atoms with Crippen LogP contribution in [0.4, 0.5) is 0 Å². The predicted octanol–water partition coefficient (Wildman–Crippen LogP) is -0.994. The van der Waals surface area contributed by atoms with E-state index in [-0.39, 0.29) is 29.9 Å². The van der Waals surface area contributed by atoms with Gasteiger partial charge in [0.25, 0.3) is 5.91 Å². The van der Waals surface area contributed by atoms with E-state index in [0.717, 1.165) is 52.2 Å². The molecule has 7 heteroatoms. The van der Waals surface area contributed by atoms with Gasteiger partial charge in [-0.3, -0.25) is 9.59 Å². The Balaban J connectivity index is 1.53. The molecule has 0 unspecified atom stereocenters. The minimum absolute atomic E-state index is 0.0110. The fourth-order valence-corrected chi connectivity index (χ4v) is 4.80. The molecule has 1 amide bonds. The first kappa shape index (κ1) is 22.7. The zero-order valence-corrected chi connectivity index (χ0v) is 18.3. The van der Waals surface area contributed by atoms with Crippen molar-refractivity contribution in [3.8, 4) is 0 Å². The second-order valence-corrected chi connectivity index (χ2v) is 8.47. The van der Waals surface area contributed by atoms with E-state index in [2.05, 4.69) is 36.5 Å². The van der Waals surface area contributed by atoms with Crippen LogP contribution >= 0.6 is 0 Å². The second kappa shape index (κ2) is 11.4. The average molecular weight is 420 g/mol. The average Bonchev–Trinajstić information content (AvgIpc) is 2.76. The Kier molecular flexibility index (Phi) is 8.66. The number of benzene rings is 1. The van der Waals surface area contributed by atoms with Crippen molar-refractivity contribution in [2.24, 2.45) is 5.92 Å². The fourth-order valence-electron chi connectivity index (χ4n) is 4.80. The molecular weight excluding hydrogens is 382 g/mol. The molecule has 0 aliphatic carbocycles. The molecule has 0 aromatic heterocycles. The number of quaternary nitrogens is 2. The van der Waals surface area contributed by atoms with Gasteiger partial charge in [0.05, 0.1) is 44.9 Å². The lowest BCUT2D eigenvalue weighted by atomic mass is 9.96. The third kappa shape index (κ3) is 6.27. The van der Waals surface area contributed by atoms with Crippen LogP contribution in [0.2, 0.25) is 0 Å². The molecule has 7 nitrogen and oxygen atoms in total. The van der Waals surface area contributed by atoms with Crippen molar-refractivity contribution in [3.63, 3.8) is 0 Å². The Bertz CT molecular complexity index is 670. The summed E-state index contributed by atoms with van der Waals surface area (Å²) in [6, 6.07) is 10.7. The number of rotatable bonds is 8. The fraction of sp³-hybridized carbons (Fsp3) is 0.652. The van der Waals surface area contributed by atoms with Crippen molar-refractivity contribution < 1.29 is 28.9 Å². The molecule has 0 spiro atoms. The molecule has 0 bridgehead atoms. The number of hydrogen-bond donors (Lipinski definition) is 3. The summed E-state index contributed by atoms with van der Waals surface area (Å²) in [7, 11) is 0. The van der Waals surface area contributed by atoms with Crippen molar-refractivity contribution >= 4 is 11.9 Å². The topological polar surface area (TPSA) is 73.5 Å². The number of ether oxygens (including phenoxy) is 2. The molecule has 2 heterocycles. The van der Waals surface area contributed by atoms with Crippen molar-refractivity contribution in [1.29, 1.82) is 0 Å². The summed E-state index contributed by atoms with van der Waals surface area (Å²) < 4.78 is 10.7. The highest BCUT2D eigenvalue weighted by molar-refractivity contribution is 5.77. The van der Waals surface area contributed by atoms with Crippen LogP contribution < -0.4 is 15.1 Å². The molecule has 2 fully saturated rings. The van der Waals surface area contributed by atoms with Gasteiger partial charge in [-0.25, -0.2) is 0 Å². The molecule has 1 aromatic rings. The summed E-state index contributed by atoms with van der Waals surface area (Å²) in [6.07, 6.45) is 1.59. The Morgan fingerprint density at radius 2 is 1.80 bits per heavy atom. The van der Waals surface area contributed by atoms with Crippen LogP contribution in [-0.4, -0.2) is 70.5 Å². The summed E-state index contributed by atoms with van der Waals surface area (Å²) in [5.74, 6) is -0.0162. The zero-order chi connectivity index (χ0) is 21.3. The molecule has 2 atom stereocenters. The van der Waals surface area contributed by atoms with Gasteiger partial charge in [-0.15, -0.1) is 0 Å². The lowest BCUT2D eigenvalue weighted by molar-refractivity contribution is -0.940. The summed E-state index contributed by atoms with van der Waals surface area (Å²) in [4.78, 5) is 27.4. The standard InChI is InChI=1S/C23H35N3O4/c1-3-30-23(28)20-9-11-25(12-10-20)17-21(27)24-18(2)22(19-7-5-4-6-8-19)26-13-15-29-16-14-26/h4-8,18,20,22H,3,9-17H2,1-2H3,(H,24,27)/p+2/t18-,22+/m0/s1. The number of amides is 1. The van der Waals surface area contributed by atoms with Gasteiger partial charge in [0.15, 0.2) is 6.54 Å². The summed E-state index contributed by atoms with van der Waals surface area (Å²) in [6.45, 7) is 9.94. The number of hydrogen-bond acceptors (Lipinski definition) is 4. The molecule has 0 saturated carbocycles. The molecule has 166 valence electrons. The van der Waals surface area contributed by atoms with E-state index in [4.69, 9.17) is 9.47 Å². The molecular formula is C23H37N3O4+2. The monoisotopic (exact) mass is 419 g/mol. The number of carbonyl (C=O) groups is 2. The first-order chi connectivity index (χ1) is 14.6. The van der Waals surface area contributed by atoms with Crippen LogP contribution in [0.25, 0.3) is 0 Å². The van der Waals surface area contributed by atoms with E-state index in [1.807, 2.05) is 13.0 Å². The Morgan fingerprint density at radius 1 is 1.13 bits per heavy atom. The van der Waals surface area contributed by atoms with Crippen LogP contribution in [0.3, 0.4) is 0 Å². The lowest BCUT2D eigenvalue weighted by Crippen LogP contribution is -3.16. The normalized spacial score (nSPS) is 24.6. The van der Waals surface area contributed by atoms with Crippen LogP contribution in [0.15, 0.2) is 30.3 Å². The molecule has 3 rings (SSSR count). The van der Waals surface area contributed by atoms with Gasteiger partial charge in [-0.2, -0.15) is 0 Å². The zero-order valence-electron chi connectivity index (χ0n) is 18.3. The maximum absolute atomic E-state index is 12.8. The maximum atomic E-state index is 12.8. The van der Waals surface area contributed by atoms with Crippen molar-refractivity contribution in [2.75, 3.05) is 52.5 Å². The minimum Gasteiger partial charge on any atom is -0.466 e. The summed E-state index contributed by atoms with van der Waals surface area (Å²) in [5.41, 5.74) is 1.25. The third-order valence-corrected chi connectivity index (χ3v) is 6.35. The van der Waals surface area contributed by atoms with Gasteiger partial charge >= 0.3 is 5.97 Å². The molecule has 30 heavy (non-hydrogen) atoms. The van der Waals surface area contributed by atoms with Gasteiger partial charge in [-0.1, -0.05) is 30.3 Å². The Hall–Kier alpha value is -1.96. The lowest BCUT2D eigenvalue weighted by Gasteiger charge is -2.35. The predicted molar refractivity (Wildman–Crippen MR) is 113 cm³/mol. The number of piperidine rings is 1.